The molecule has 1 N–H and O–H groups in total. The first-order chi connectivity index (χ1) is 17.2. The molecule has 1 aliphatic rings. The molecule has 1 saturated heterocycles. The van der Waals surface area contributed by atoms with Crippen LogP contribution in [-0.4, -0.2) is 37.9 Å². The highest BCUT2D eigenvalue weighted by molar-refractivity contribution is 6.74. The first kappa shape index (κ1) is 30.2. The zero-order valence-electron chi connectivity index (χ0n) is 21.2. The van der Waals surface area contributed by atoms with Crippen LogP contribution in [0.5, 0.6) is 0 Å². The summed E-state index contributed by atoms with van der Waals surface area (Å²) in [7, 11) is -2.54. The van der Waals surface area contributed by atoms with E-state index in [-0.39, 0.29) is 34.8 Å². The fourth-order valence-electron chi connectivity index (χ4n) is 3.77. The normalized spacial score (nSPS) is 19.1. The molecule has 1 aromatic carbocycles. The highest BCUT2D eigenvalue weighted by Gasteiger charge is 2.48. The van der Waals surface area contributed by atoms with Crippen molar-refractivity contribution in [3.8, 4) is 0 Å². The van der Waals surface area contributed by atoms with Gasteiger partial charge in [0.05, 0.1) is 16.7 Å². The SMILES string of the molecule is CC(C)(C)[Si](C)(C)O[C@@H]1CCN(c2cc(C(F)(F)F)cc(C(F)(F)F)n2)[C@@H]1C(=O)Nc1ccc(F)c(Cl)c1. The molecule has 14 heteroatoms. The molecule has 0 bridgehead atoms. The van der Waals surface area contributed by atoms with Crippen LogP contribution in [0.15, 0.2) is 30.3 Å². The summed E-state index contributed by atoms with van der Waals surface area (Å²) in [6.07, 6.45) is -11.0. The zero-order chi connectivity index (χ0) is 28.8. The van der Waals surface area contributed by atoms with Crippen molar-refractivity contribution in [3.63, 3.8) is 0 Å². The van der Waals surface area contributed by atoms with Crippen molar-refractivity contribution >= 4 is 37.3 Å². The fraction of sp³-hybridized carbons (Fsp3) is 0.500. The lowest BCUT2D eigenvalue weighted by molar-refractivity contribution is -0.145. The molecule has 210 valence electrons. The quantitative estimate of drug-likeness (QED) is 0.291. The van der Waals surface area contributed by atoms with Crippen LogP contribution in [0.2, 0.25) is 23.2 Å². The molecule has 3 rings (SSSR count). The maximum Gasteiger partial charge on any atom is 0.433 e. The number of amides is 1. The molecule has 0 radical (unpaired) electrons. The van der Waals surface area contributed by atoms with Crippen LogP contribution < -0.4 is 10.2 Å². The lowest BCUT2D eigenvalue weighted by atomic mass is 10.1. The lowest BCUT2D eigenvalue weighted by Crippen LogP contribution is -2.52. The molecule has 0 spiro atoms. The Bertz CT molecular complexity index is 1170. The Kier molecular flexibility index (Phi) is 8.18. The van der Waals surface area contributed by atoms with Gasteiger partial charge < -0.3 is 14.6 Å². The monoisotopic (exact) mass is 585 g/mol. The largest absolute Gasteiger partial charge is 0.433 e. The highest BCUT2D eigenvalue weighted by atomic mass is 35.5. The molecule has 0 aliphatic carbocycles. The van der Waals surface area contributed by atoms with Gasteiger partial charge in [-0.05, 0) is 54.9 Å². The second-order valence-electron chi connectivity index (χ2n) is 10.6. The second kappa shape index (κ2) is 10.3. The molecule has 2 heterocycles. The number of pyridine rings is 1. The van der Waals surface area contributed by atoms with Gasteiger partial charge in [0.1, 0.15) is 23.4 Å². The lowest BCUT2D eigenvalue weighted by Gasteiger charge is -2.40. The molecule has 1 fully saturated rings. The van der Waals surface area contributed by atoms with Crippen LogP contribution in [0, 0.1) is 5.82 Å². The minimum atomic E-state index is -5.16. The van der Waals surface area contributed by atoms with E-state index in [9.17, 15) is 35.5 Å². The summed E-state index contributed by atoms with van der Waals surface area (Å²) in [6.45, 7) is 9.58. The Morgan fingerprint density at radius 1 is 1.08 bits per heavy atom. The molecule has 0 saturated carbocycles. The van der Waals surface area contributed by atoms with Gasteiger partial charge in [-0.15, -0.1) is 0 Å². The molecule has 2 atom stereocenters. The van der Waals surface area contributed by atoms with Gasteiger partial charge in [-0.1, -0.05) is 32.4 Å². The Morgan fingerprint density at radius 2 is 1.71 bits per heavy atom. The van der Waals surface area contributed by atoms with Crippen LogP contribution in [0.1, 0.15) is 38.4 Å². The third-order valence-electron chi connectivity index (χ3n) is 6.77. The summed E-state index contributed by atoms with van der Waals surface area (Å²) < 4.78 is 101. The molecular weight excluding hydrogens is 559 g/mol. The van der Waals surface area contributed by atoms with Crippen LogP contribution in [0.4, 0.5) is 42.2 Å². The number of rotatable bonds is 5. The van der Waals surface area contributed by atoms with Gasteiger partial charge in [0.2, 0.25) is 5.91 Å². The van der Waals surface area contributed by atoms with Crippen molar-refractivity contribution in [2.45, 2.75) is 69.8 Å². The van der Waals surface area contributed by atoms with Crippen molar-refractivity contribution < 1.29 is 40.0 Å². The highest BCUT2D eigenvalue weighted by Crippen LogP contribution is 2.42. The van der Waals surface area contributed by atoms with Gasteiger partial charge in [0.25, 0.3) is 0 Å². The molecule has 0 unspecified atom stereocenters. The summed E-state index contributed by atoms with van der Waals surface area (Å²) in [6, 6.07) is 2.47. The topological polar surface area (TPSA) is 54.5 Å². The number of nitrogens with zero attached hydrogens (tertiary/aromatic N) is 2. The third kappa shape index (κ3) is 6.60. The predicted molar refractivity (Wildman–Crippen MR) is 132 cm³/mol. The van der Waals surface area contributed by atoms with E-state index in [1.165, 1.54) is 6.07 Å². The molecule has 2 aromatic rings. The van der Waals surface area contributed by atoms with Gasteiger partial charge in [0.15, 0.2) is 8.32 Å². The Hall–Kier alpha value is -2.38. The van der Waals surface area contributed by atoms with Crippen molar-refractivity contribution in [2.75, 3.05) is 16.8 Å². The van der Waals surface area contributed by atoms with Crippen molar-refractivity contribution in [3.05, 3.63) is 52.4 Å². The molecule has 38 heavy (non-hydrogen) atoms. The fourth-order valence-corrected chi connectivity index (χ4v) is 5.31. The van der Waals surface area contributed by atoms with Crippen molar-refractivity contribution in [1.29, 1.82) is 0 Å². The summed E-state index contributed by atoms with van der Waals surface area (Å²) in [5.74, 6) is -2.17. The van der Waals surface area contributed by atoms with Gasteiger partial charge in [-0.25, -0.2) is 9.37 Å². The van der Waals surface area contributed by atoms with Crippen LogP contribution in [0.3, 0.4) is 0 Å². The number of anilines is 2. The van der Waals surface area contributed by atoms with Crippen LogP contribution >= 0.6 is 11.6 Å². The van der Waals surface area contributed by atoms with Crippen LogP contribution in [-0.2, 0) is 21.6 Å². The maximum absolute atomic E-state index is 13.6. The molecule has 1 amide bonds. The minimum Gasteiger partial charge on any atom is -0.411 e. The van der Waals surface area contributed by atoms with E-state index in [1.54, 1.807) is 0 Å². The minimum absolute atomic E-state index is 0.0707. The van der Waals surface area contributed by atoms with Gasteiger partial charge in [-0.3, -0.25) is 4.79 Å². The number of carbonyl (C=O) groups is 1. The summed E-state index contributed by atoms with van der Waals surface area (Å²) in [5.41, 5.74) is -3.19. The Labute approximate surface area is 221 Å². The first-order valence-corrected chi connectivity index (χ1v) is 14.9. The number of alkyl halides is 6. The third-order valence-corrected chi connectivity index (χ3v) is 11.6. The number of carbonyl (C=O) groups excluding carboxylic acids is 1. The van der Waals surface area contributed by atoms with E-state index in [2.05, 4.69) is 10.3 Å². The van der Waals surface area contributed by atoms with Crippen molar-refractivity contribution in [1.82, 2.24) is 4.98 Å². The molecule has 1 aliphatic heterocycles. The summed E-state index contributed by atoms with van der Waals surface area (Å²) in [4.78, 5) is 18.0. The van der Waals surface area contributed by atoms with Crippen molar-refractivity contribution in [2.24, 2.45) is 0 Å². The van der Waals surface area contributed by atoms with Crippen LogP contribution in [0.25, 0.3) is 0 Å². The van der Waals surface area contributed by atoms with E-state index in [4.69, 9.17) is 16.0 Å². The van der Waals surface area contributed by atoms with Gasteiger partial charge >= 0.3 is 12.4 Å². The predicted octanol–water partition coefficient (Wildman–Crippen LogP) is 7.52. The number of hydrogen-bond acceptors (Lipinski definition) is 4. The zero-order valence-corrected chi connectivity index (χ0v) is 22.9. The maximum atomic E-state index is 13.6. The molecule has 1 aromatic heterocycles. The standard InChI is InChI=1S/C24H27ClF7N3O2Si/c1-22(2,3)38(4,5)37-17-8-9-35(20(17)21(36)33-14-6-7-16(26)15(25)12-14)19-11-13(23(27,28)29)10-18(34-19)24(30,31)32/h6-7,10-12,17,20H,8-9H2,1-5H3,(H,33,36)/t17-,20+/m1/s1. The number of halogens is 8. The number of hydrogen-bond donors (Lipinski definition) is 1. The van der Waals surface area contributed by atoms with E-state index < -0.39 is 61.6 Å². The number of nitrogens with one attached hydrogen (secondary N) is 1. The second-order valence-corrected chi connectivity index (χ2v) is 15.7. The Morgan fingerprint density at radius 3 is 2.24 bits per heavy atom. The Balaban J connectivity index is 2.08. The van der Waals surface area contributed by atoms with E-state index in [0.717, 1.165) is 17.0 Å². The number of aromatic nitrogens is 1. The number of benzene rings is 1. The van der Waals surface area contributed by atoms with E-state index in [1.807, 2.05) is 33.9 Å². The molecule has 5 nitrogen and oxygen atoms in total. The summed E-state index contributed by atoms with van der Waals surface area (Å²) in [5, 5.41) is 1.94. The average molecular weight is 586 g/mol. The smallest absolute Gasteiger partial charge is 0.411 e. The first-order valence-electron chi connectivity index (χ1n) is 11.6. The average Bonchev–Trinajstić information content (AvgIpc) is 3.17. The molecular formula is C24H27ClF7N3O2Si. The summed E-state index contributed by atoms with van der Waals surface area (Å²) >= 11 is 5.79. The van der Waals surface area contributed by atoms with E-state index in [0.29, 0.717) is 6.07 Å². The van der Waals surface area contributed by atoms with Gasteiger partial charge in [0, 0.05) is 12.2 Å². The van der Waals surface area contributed by atoms with Gasteiger partial charge in [-0.2, -0.15) is 26.3 Å². The van der Waals surface area contributed by atoms with E-state index >= 15 is 0 Å².